The first-order valence-corrected chi connectivity index (χ1v) is 8.45. The summed E-state index contributed by atoms with van der Waals surface area (Å²) in [7, 11) is 0. The molecule has 0 saturated carbocycles. The Bertz CT molecular complexity index is 779. The molecule has 2 unspecified atom stereocenters. The fourth-order valence-corrected chi connectivity index (χ4v) is 2.70. The number of ether oxygens (including phenoxy) is 2. The predicted octanol–water partition coefficient (Wildman–Crippen LogP) is 2.24. The number of nitrogens with zero attached hydrogens (tertiary/aromatic N) is 1. The molecule has 1 aliphatic rings. The van der Waals surface area contributed by atoms with Crippen molar-refractivity contribution >= 4 is 17.6 Å². The normalized spacial score (nSPS) is 19.9. The standard InChI is InChI=1S/C19H22N4O3/c20-18(24)17-10-9-16(26-17)12-22-19(21)23-13-5-4-8-15(11-13)25-14-6-2-1-3-7-14/h1-8,11,16-17H,9-10,12H2,(H2,20,24)(H3,21,22,23). The van der Waals surface area contributed by atoms with Crippen LogP contribution in [-0.4, -0.2) is 30.6 Å². The summed E-state index contributed by atoms with van der Waals surface area (Å²) in [6, 6.07) is 17.0. The molecule has 0 aliphatic carbocycles. The summed E-state index contributed by atoms with van der Waals surface area (Å²) >= 11 is 0. The van der Waals surface area contributed by atoms with Crippen molar-refractivity contribution in [1.29, 1.82) is 0 Å². The second kappa shape index (κ2) is 8.35. The van der Waals surface area contributed by atoms with E-state index in [4.69, 9.17) is 20.9 Å². The Labute approximate surface area is 152 Å². The zero-order valence-corrected chi connectivity index (χ0v) is 14.3. The third-order valence-corrected chi connectivity index (χ3v) is 3.98. The third kappa shape index (κ3) is 4.97. The smallest absolute Gasteiger partial charge is 0.246 e. The summed E-state index contributed by atoms with van der Waals surface area (Å²) in [4.78, 5) is 15.4. The average molecular weight is 354 g/mol. The number of anilines is 1. The van der Waals surface area contributed by atoms with Gasteiger partial charge in [0.15, 0.2) is 5.96 Å². The van der Waals surface area contributed by atoms with Crippen molar-refractivity contribution in [2.75, 3.05) is 11.9 Å². The molecule has 2 aromatic carbocycles. The van der Waals surface area contributed by atoms with Gasteiger partial charge in [0.05, 0.1) is 12.6 Å². The highest BCUT2D eigenvalue weighted by Crippen LogP contribution is 2.24. The van der Waals surface area contributed by atoms with Crippen molar-refractivity contribution in [1.82, 2.24) is 0 Å². The number of aliphatic imine (C=N–C) groups is 1. The van der Waals surface area contributed by atoms with Crippen molar-refractivity contribution in [3.05, 3.63) is 54.6 Å². The zero-order valence-electron chi connectivity index (χ0n) is 14.3. The molecule has 2 atom stereocenters. The second-order valence-electron chi connectivity index (χ2n) is 6.02. The number of nitrogens with two attached hydrogens (primary N) is 2. The number of hydrogen-bond acceptors (Lipinski definition) is 4. The molecule has 136 valence electrons. The quantitative estimate of drug-likeness (QED) is 0.544. The number of primary amides is 1. The molecule has 5 N–H and O–H groups in total. The molecule has 7 nitrogen and oxygen atoms in total. The van der Waals surface area contributed by atoms with Gasteiger partial charge in [-0.1, -0.05) is 24.3 Å². The average Bonchev–Trinajstić information content (AvgIpc) is 3.11. The molecule has 7 heteroatoms. The fraction of sp³-hybridized carbons (Fsp3) is 0.263. The number of rotatable bonds is 6. The number of guanidine groups is 1. The van der Waals surface area contributed by atoms with Gasteiger partial charge in [-0.05, 0) is 37.1 Å². The number of carbonyl (C=O) groups is 1. The van der Waals surface area contributed by atoms with Crippen LogP contribution >= 0.6 is 0 Å². The fourth-order valence-electron chi connectivity index (χ4n) is 2.70. The molecule has 1 fully saturated rings. The zero-order chi connectivity index (χ0) is 18.4. The van der Waals surface area contributed by atoms with Gasteiger partial charge in [-0.15, -0.1) is 0 Å². The highest BCUT2D eigenvalue weighted by Gasteiger charge is 2.28. The number of amides is 1. The van der Waals surface area contributed by atoms with Crippen LogP contribution in [0.1, 0.15) is 12.8 Å². The molecule has 0 radical (unpaired) electrons. The van der Waals surface area contributed by atoms with Crippen molar-refractivity contribution in [3.8, 4) is 11.5 Å². The molecule has 0 bridgehead atoms. The Balaban J connectivity index is 1.55. The van der Waals surface area contributed by atoms with Crippen molar-refractivity contribution in [3.63, 3.8) is 0 Å². The van der Waals surface area contributed by atoms with Crippen LogP contribution in [0, 0.1) is 0 Å². The van der Waals surface area contributed by atoms with E-state index in [1.54, 1.807) is 0 Å². The van der Waals surface area contributed by atoms with E-state index in [1.807, 2.05) is 54.6 Å². The highest BCUT2D eigenvalue weighted by molar-refractivity contribution is 5.92. The minimum Gasteiger partial charge on any atom is -0.457 e. The van der Waals surface area contributed by atoms with Gasteiger partial charge in [-0.3, -0.25) is 9.79 Å². The van der Waals surface area contributed by atoms with E-state index in [0.29, 0.717) is 18.7 Å². The number of benzene rings is 2. The summed E-state index contributed by atoms with van der Waals surface area (Å²) in [5, 5.41) is 3.03. The Morgan fingerprint density at radius 3 is 2.62 bits per heavy atom. The van der Waals surface area contributed by atoms with E-state index in [-0.39, 0.29) is 12.1 Å². The van der Waals surface area contributed by atoms with Crippen molar-refractivity contribution in [2.24, 2.45) is 16.5 Å². The Kier molecular flexibility index (Phi) is 5.70. The second-order valence-corrected chi connectivity index (χ2v) is 6.02. The first-order chi connectivity index (χ1) is 12.6. The summed E-state index contributed by atoms with van der Waals surface area (Å²) < 4.78 is 11.3. The topological polar surface area (TPSA) is 112 Å². The van der Waals surface area contributed by atoms with E-state index >= 15 is 0 Å². The molecule has 3 rings (SSSR count). The van der Waals surface area contributed by atoms with Crippen molar-refractivity contribution in [2.45, 2.75) is 25.0 Å². The van der Waals surface area contributed by atoms with Gasteiger partial charge in [-0.2, -0.15) is 0 Å². The predicted molar refractivity (Wildman–Crippen MR) is 100 cm³/mol. The van der Waals surface area contributed by atoms with Gasteiger partial charge >= 0.3 is 0 Å². The molecule has 1 aliphatic heterocycles. The van der Waals surface area contributed by atoms with Gasteiger partial charge in [0, 0.05) is 11.8 Å². The van der Waals surface area contributed by atoms with E-state index in [2.05, 4.69) is 10.3 Å². The van der Waals surface area contributed by atoms with Gasteiger partial charge in [-0.25, -0.2) is 0 Å². The van der Waals surface area contributed by atoms with Gasteiger partial charge in [0.2, 0.25) is 5.91 Å². The lowest BCUT2D eigenvalue weighted by molar-refractivity contribution is -0.128. The lowest BCUT2D eigenvalue weighted by atomic mass is 10.2. The van der Waals surface area contributed by atoms with E-state index in [0.717, 1.165) is 17.9 Å². The van der Waals surface area contributed by atoms with Gasteiger partial charge < -0.3 is 26.3 Å². The minimum absolute atomic E-state index is 0.138. The Hall–Kier alpha value is -3.06. The van der Waals surface area contributed by atoms with Crippen LogP contribution in [0.3, 0.4) is 0 Å². The first-order valence-electron chi connectivity index (χ1n) is 8.45. The lowest BCUT2D eigenvalue weighted by Crippen LogP contribution is -2.29. The van der Waals surface area contributed by atoms with Crippen LogP contribution in [0.25, 0.3) is 0 Å². The number of nitrogens with one attached hydrogen (secondary N) is 1. The number of hydrogen-bond donors (Lipinski definition) is 3. The van der Waals surface area contributed by atoms with E-state index in [9.17, 15) is 4.79 Å². The molecule has 1 saturated heterocycles. The molecule has 2 aromatic rings. The van der Waals surface area contributed by atoms with E-state index < -0.39 is 12.0 Å². The Morgan fingerprint density at radius 2 is 1.88 bits per heavy atom. The third-order valence-electron chi connectivity index (χ3n) is 3.98. The number of para-hydroxylation sites is 1. The minimum atomic E-state index is -0.517. The lowest BCUT2D eigenvalue weighted by Gasteiger charge is -2.11. The van der Waals surface area contributed by atoms with Gasteiger partial charge in [0.1, 0.15) is 17.6 Å². The summed E-state index contributed by atoms with van der Waals surface area (Å²) in [6.45, 7) is 0.378. The van der Waals surface area contributed by atoms with Crippen LogP contribution in [-0.2, 0) is 9.53 Å². The maximum atomic E-state index is 11.1. The Morgan fingerprint density at radius 1 is 1.12 bits per heavy atom. The van der Waals surface area contributed by atoms with E-state index in [1.165, 1.54) is 0 Å². The molecule has 0 spiro atoms. The van der Waals surface area contributed by atoms with Crippen LogP contribution < -0.4 is 21.5 Å². The maximum Gasteiger partial charge on any atom is 0.246 e. The van der Waals surface area contributed by atoms with Crippen LogP contribution in [0.15, 0.2) is 59.6 Å². The van der Waals surface area contributed by atoms with Crippen molar-refractivity contribution < 1.29 is 14.3 Å². The van der Waals surface area contributed by atoms with Gasteiger partial charge in [0.25, 0.3) is 0 Å². The summed E-state index contributed by atoms with van der Waals surface area (Å²) in [6.07, 6.45) is 0.712. The van der Waals surface area contributed by atoms with Crippen LogP contribution in [0.5, 0.6) is 11.5 Å². The summed E-state index contributed by atoms with van der Waals surface area (Å²) in [5.74, 6) is 1.29. The van der Waals surface area contributed by atoms with Crippen LogP contribution in [0.2, 0.25) is 0 Å². The van der Waals surface area contributed by atoms with Crippen LogP contribution in [0.4, 0.5) is 5.69 Å². The first kappa shape index (κ1) is 17.8. The molecular weight excluding hydrogens is 332 g/mol. The monoisotopic (exact) mass is 354 g/mol. The summed E-state index contributed by atoms with van der Waals surface area (Å²) in [5.41, 5.74) is 11.9. The molecule has 0 aromatic heterocycles. The molecule has 1 amide bonds. The molecule has 1 heterocycles. The SMILES string of the molecule is NC(=O)C1CCC(CN=C(N)Nc2cccc(Oc3ccccc3)c2)O1. The highest BCUT2D eigenvalue weighted by atomic mass is 16.5. The molecular formula is C19H22N4O3. The number of carbonyl (C=O) groups excluding carboxylic acids is 1. The largest absolute Gasteiger partial charge is 0.457 e. The maximum absolute atomic E-state index is 11.1. The molecule has 26 heavy (non-hydrogen) atoms.